The van der Waals surface area contributed by atoms with E-state index < -0.39 is 31.7 Å². The topological polar surface area (TPSA) is 153 Å². The third kappa shape index (κ3) is 5.29. The molecule has 0 aromatic rings. The number of ketones is 2. The molecule has 0 spiro atoms. The maximum Gasteiger partial charge on any atom is 0.219 e. The number of halogens is 4. The van der Waals surface area contributed by atoms with Crippen molar-refractivity contribution in [1.82, 2.24) is 0 Å². The molecule has 0 bridgehead atoms. The second-order valence-corrected chi connectivity index (χ2v) is 3.62. The Balaban J connectivity index is 0. The summed E-state index contributed by atoms with van der Waals surface area (Å²) in [6.45, 7) is 0. The van der Waals surface area contributed by atoms with Crippen molar-refractivity contribution in [1.29, 1.82) is 5.53 Å². The first-order valence-corrected chi connectivity index (χ1v) is 5.00. The lowest BCUT2D eigenvalue weighted by molar-refractivity contribution is -0.114. The first-order chi connectivity index (χ1) is 8.29. The summed E-state index contributed by atoms with van der Waals surface area (Å²) in [5.74, 6) is -1.46. The fraction of sp³-hybridized carbons (Fsp3) is 0. The maximum atomic E-state index is 11.0. The fourth-order valence-corrected chi connectivity index (χ4v) is 1.41. The molecule has 0 fully saturated rings. The molecule has 0 heterocycles. The van der Waals surface area contributed by atoms with Gasteiger partial charge >= 0.3 is 0 Å². The van der Waals surface area contributed by atoms with Crippen LogP contribution < -0.4 is 0 Å². The molecule has 1 aliphatic carbocycles. The normalized spacial score (nSPS) is 13.8. The second kappa shape index (κ2) is 9.61. The van der Waals surface area contributed by atoms with Gasteiger partial charge in [-0.15, -0.1) is 5.53 Å². The van der Waals surface area contributed by atoms with E-state index in [4.69, 9.17) is 68.5 Å². The van der Waals surface area contributed by atoms with Crippen molar-refractivity contribution in [2.24, 2.45) is 0 Å². The zero-order chi connectivity index (χ0) is 14.9. The molecule has 12 heteroatoms. The van der Waals surface area contributed by atoms with E-state index in [9.17, 15) is 9.59 Å². The number of hydrogen-bond acceptors (Lipinski definition) is 3. The monoisotopic (exact) mass is 329 g/mol. The first-order valence-electron chi connectivity index (χ1n) is 3.49. The summed E-state index contributed by atoms with van der Waals surface area (Å²) in [5, 5.41) is -1.57. The van der Waals surface area contributed by atoms with Gasteiger partial charge in [-0.3, -0.25) is 14.5 Å². The van der Waals surface area contributed by atoms with E-state index in [1.54, 1.807) is 4.91 Å². The van der Waals surface area contributed by atoms with Gasteiger partial charge in [0, 0.05) is 0 Å². The van der Waals surface area contributed by atoms with E-state index in [0.717, 1.165) is 0 Å². The van der Waals surface area contributed by atoms with Crippen LogP contribution in [-0.4, -0.2) is 11.6 Å². The number of allylic oxidation sites excluding steroid dienone is 4. The predicted octanol–water partition coefficient (Wildman–Crippen LogP) is 4.26. The van der Waals surface area contributed by atoms with Crippen LogP contribution in [0, 0.1) is 5.53 Å². The highest BCUT2D eigenvalue weighted by molar-refractivity contribution is 6.69. The Hall–Kier alpha value is -1.40. The van der Waals surface area contributed by atoms with E-state index in [-0.39, 0.29) is 0 Å². The van der Waals surface area contributed by atoms with Crippen LogP contribution in [0.5, 0.6) is 0 Å². The Morgan fingerprint density at radius 3 is 1.00 bits per heavy atom. The minimum Gasteiger partial charge on any atom is -0.373 e. The van der Waals surface area contributed by atoms with Gasteiger partial charge < -0.3 is 11.1 Å². The molecule has 1 aliphatic rings. The lowest BCUT2D eigenvalue weighted by Crippen LogP contribution is -2.14. The Kier molecular flexibility index (Phi) is 10.1. The van der Waals surface area contributed by atoms with Crippen molar-refractivity contribution in [2.75, 3.05) is 0 Å². The standard InChI is InChI=1S/C6Cl4O2.HN3.N3/c7-1-2(8)6(12)4(10)3(9)5(1)11;2*1-3-2/h;1H;/q;;-1. The molecular weight excluding hydrogens is 330 g/mol. The molecular formula is C6HCl4N6O2-. The minimum absolute atomic E-state index is 0.393. The fourth-order valence-electron chi connectivity index (χ4n) is 0.591. The average Bonchev–Trinajstić information content (AvgIpc) is 2.34. The molecule has 0 amide bonds. The zero-order valence-electron chi connectivity index (χ0n) is 8.06. The number of carbonyl (C=O) groups excluding carboxylic acids is 2. The van der Waals surface area contributed by atoms with Crippen LogP contribution in [0.15, 0.2) is 20.1 Å². The smallest absolute Gasteiger partial charge is 0.219 e. The third-order valence-corrected chi connectivity index (χ3v) is 2.82. The number of rotatable bonds is 0. The van der Waals surface area contributed by atoms with Crippen molar-refractivity contribution in [3.05, 3.63) is 46.5 Å². The molecule has 0 saturated carbocycles. The van der Waals surface area contributed by atoms with Crippen LogP contribution in [0.25, 0.3) is 26.4 Å². The molecule has 1 N–H and O–H groups in total. The number of hydrogen-bond donors (Lipinski definition) is 1. The van der Waals surface area contributed by atoms with Crippen molar-refractivity contribution in [3.63, 3.8) is 0 Å². The van der Waals surface area contributed by atoms with Gasteiger partial charge in [0.2, 0.25) is 11.6 Å². The van der Waals surface area contributed by atoms with Crippen LogP contribution in [-0.2, 0) is 9.59 Å². The van der Waals surface area contributed by atoms with E-state index >= 15 is 0 Å². The SMILES string of the molecule is O=C1C(Cl)=C(Cl)C(=O)C(Cl)=C1Cl.[N-]=[N+]=N.[N-]=[N+]=[N-]. The molecule has 0 atom stereocenters. The molecule has 96 valence electrons. The van der Waals surface area contributed by atoms with Crippen LogP contribution in [0.1, 0.15) is 0 Å². The summed E-state index contributed by atoms with van der Waals surface area (Å²) in [6, 6.07) is 0. The van der Waals surface area contributed by atoms with E-state index in [1.807, 2.05) is 0 Å². The molecule has 8 nitrogen and oxygen atoms in total. The van der Waals surface area contributed by atoms with Crippen LogP contribution in [0.2, 0.25) is 0 Å². The molecule has 0 aromatic heterocycles. The highest BCUT2D eigenvalue weighted by atomic mass is 35.5. The van der Waals surface area contributed by atoms with E-state index in [1.165, 1.54) is 4.91 Å². The van der Waals surface area contributed by atoms with E-state index in [2.05, 4.69) is 0 Å². The summed E-state index contributed by atoms with van der Waals surface area (Å²) >= 11 is 21.5. The van der Waals surface area contributed by atoms with Crippen LogP contribution in [0.3, 0.4) is 0 Å². The quantitative estimate of drug-likeness (QED) is 0.305. The maximum absolute atomic E-state index is 11.0. The molecule has 0 aliphatic heterocycles. The third-order valence-electron chi connectivity index (χ3n) is 1.18. The first kappa shape index (κ1) is 19.0. The summed E-state index contributed by atoms with van der Waals surface area (Å²) in [5.41, 5.74) is 25.8. The summed E-state index contributed by atoms with van der Waals surface area (Å²) < 4.78 is 0. The minimum atomic E-state index is -0.729. The second-order valence-electron chi connectivity index (χ2n) is 2.10. The molecule has 0 saturated heterocycles. The molecule has 0 unspecified atom stereocenters. The van der Waals surface area contributed by atoms with Crippen molar-refractivity contribution < 1.29 is 9.59 Å². The highest BCUT2D eigenvalue weighted by Crippen LogP contribution is 2.32. The van der Waals surface area contributed by atoms with Crippen LogP contribution >= 0.6 is 46.4 Å². The van der Waals surface area contributed by atoms with Crippen molar-refractivity contribution in [3.8, 4) is 0 Å². The number of carbonyl (C=O) groups is 2. The molecule has 1 rings (SSSR count). The van der Waals surface area contributed by atoms with Crippen molar-refractivity contribution in [2.45, 2.75) is 0 Å². The lowest BCUT2D eigenvalue weighted by atomic mass is 10.1. The zero-order valence-corrected chi connectivity index (χ0v) is 11.1. The van der Waals surface area contributed by atoms with Crippen LogP contribution in [0.4, 0.5) is 0 Å². The van der Waals surface area contributed by atoms with Gasteiger partial charge in [0.05, 0.1) is 0 Å². The largest absolute Gasteiger partial charge is 0.373 e. The summed E-state index contributed by atoms with van der Waals surface area (Å²) in [4.78, 5) is 25.2. The molecule has 0 radical (unpaired) electrons. The number of Topliss-reactive ketones (excluding diaryl/α,β-unsaturated/α-hetero) is 2. The average molecular weight is 331 g/mol. The predicted molar refractivity (Wildman–Crippen MR) is 67.0 cm³/mol. The Bertz CT molecular complexity index is 424. The van der Waals surface area contributed by atoms with Gasteiger partial charge in [-0.05, 0) is 10.4 Å². The number of nitrogens with zero attached hydrogens (tertiary/aromatic N) is 5. The Labute approximate surface area is 120 Å². The van der Waals surface area contributed by atoms with Gasteiger partial charge in [-0.1, -0.05) is 46.4 Å². The van der Waals surface area contributed by atoms with Gasteiger partial charge in [0.25, 0.3) is 0 Å². The summed E-state index contributed by atoms with van der Waals surface area (Å²) in [6.07, 6.45) is 0. The van der Waals surface area contributed by atoms with Gasteiger partial charge in [-0.25, -0.2) is 0 Å². The summed E-state index contributed by atoms with van der Waals surface area (Å²) in [7, 11) is 0. The lowest BCUT2D eigenvalue weighted by Gasteiger charge is -2.08. The molecule has 18 heavy (non-hydrogen) atoms. The van der Waals surface area contributed by atoms with Gasteiger partial charge in [-0.2, -0.15) is 0 Å². The van der Waals surface area contributed by atoms with Crippen molar-refractivity contribution >= 4 is 58.0 Å². The number of nitrogens with one attached hydrogen (secondary N) is 1. The van der Waals surface area contributed by atoms with Gasteiger partial charge in [0.1, 0.15) is 20.1 Å². The highest BCUT2D eigenvalue weighted by Gasteiger charge is 2.31. The van der Waals surface area contributed by atoms with Gasteiger partial charge in [0.15, 0.2) is 0 Å². The Morgan fingerprint density at radius 2 is 0.889 bits per heavy atom. The van der Waals surface area contributed by atoms with E-state index in [0.29, 0.717) is 0 Å². The Morgan fingerprint density at radius 1 is 0.778 bits per heavy atom. The molecule has 0 aromatic carbocycles.